The van der Waals surface area contributed by atoms with Crippen LogP contribution in [0, 0.1) is 45.3 Å². The third kappa shape index (κ3) is 10.7. The predicted octanol–water partition coefficient (Wildman–Crippen LogP) is 12.6. The Morgan fingerprint density at radius 3 is 1.02 bits per heavy atom. The molecular formula is C44H54N4S2. The van der Waals surface area contributed by atoms with E-state index in [9.17, 15) is 21.0 Å². The first-order valence-electron chi connectivity index (χ1n) is 19.4. The Bertz CT molecular complexity index is 1820. The molecule has 0 aliphatic rings. The summed E-state index contributed by atoms with van der Waals surface area (Å²) in [5, 5.41) is 43.6. The second-order valence-corrected chi connectivity index (χ2v) is 16.0. The molecule has 0 saturated carbocycles. The lowest BCUT2D eigenvalue weighted by molar-refractivity contribution is 0.556. The van der Waals surface area contributed by atoms with Crippen LogP contribution in [0.5, 0.6) is 0 Å². The number of unbranched alkanes of at least 4 members (excludes halogenated alkanes) is 18. The van der Waals surface area contributed by atoms with E-state index in [2.05, 4.69) is 62.4 Å². The summed E-state index contributed by atoms with van der Waals surface area (Å²) in [7, 11) is 0. The average molecular weight is 703 g/mol. The van der Waals surface area contributed by atoms with Crippen molar-refractivity contribution in [1.82, 2.24) is 0 Å². The van der Waals surface area contributed by atoms with Gasteiger partial charge in [-0.15, -0.1) is 22.7 Å². The standard InChI is InChI=1S/C44H54N4S2/c1-3-5-7-9-11-13-15-17-19-21-23-33-25-39-40(43-37(33)27-41(49-43)35(29-45)30-46)26-34(24-22-20-18-16-14-12-10-8-6-4-2)38-28-42(50-44(38)39)36(31-47)32-48/h25-28H,3-24H2,1-2H3. The minimum atomic E-state index is 0.164. The maximum atomic E-state index is 9.75. The summed E-state index contributed by atoms with van der Waals surface area (Å²) in [6.07, 6.45) is 27.6. The summed E-state index contributed by atoms with van der Waals surface area (Å²) in [6.45, 7) is 4.53. The van der Waals surface area contributed by atoms with Gasteiger partial charge in [0.1, 0.15) is 35.4 Å². The molecule has 0 atom stereocenters. The molecule has 0 spiro atoms. The molecule has 2 aromatic heterocycles. The first kappa shape index (κ1) is 39.1. The van der Waals surface area contributed by atoms with Crippen LogP contribution in [0.1, 0.15) is 153 Å². The molecule has 2 heterocycles. The number of nitriles is 4. The Hall–Kier alpha value is -3.68. The van der Waals surface area contributed by atoms with Crippen LogP contribution < -0.4 is 9.06 Å². The quantitative estimate of drug-likeness (QED) is 0.0762. The summed E-state index contributed by atoms with van der Waals surface area (Å²) < 4.78 is 3.73. The summed E-state index contributed by atoms with van der Waals surface area (Å²) in [4.78, 5) is 0. The summed E-state index contributed by atoms with van der Waals surface area (Å²) in [5.74, 6) is 0. The SMILES string of the molecule is CCCCCCCCCCCCc1cc2c(cc(CCCCCCCCCCCC)c3cc(=C(C#N)C#N)sc32)c2sc(=C(C#N)C#N)cc12. The molecule has 0 unspecified atom stereocenters. The molecule has 0 N–H and O–H groups in total. The number of fused-ring (bicyclic) bond motifs is 5. The van der Waals surface area contributed by atoms with Crippen LogP contribution in [0.15, 0.2) is 24.3 Å². The van der Waals surface area contributed by atoms with Gasteiger partial charge in [-0.25, -0.2) is 0 Å². The van der Waals surface area contributed by atoms with Gasteiger partial charge in [0.05, 0.1) is 9.06 Å². The van der Waals surface area contributed by atoms with Gasteiger partial charge in [-0.05, 0) is 71.8 Å². The van der Waals surface area contributed by atoms with Crippen molar-refractivity contribution in [3.05, 3.63) is 44.5 Å². The fraction of sp³-hybridized carbons (Fsp3) is 0.545. The second kappa shape index (κ2) is 21.5. The number of nitrogens with zero attached hydrogens (tertiary/aromatic N) is 4. The number of thiophene rings is 2. The van der Waals surface area contributed by atoms with Gasteiger partial charge in [-0.3, -0.25) is 0 Å². The van der Waals surface area contributed by atoms with Crippen molar-refractivity contribution in [3.8, 4) is 24.3 Å². The minimum absolute atomic E-state index is 0.164. The van der Waals surface area contributed by atoms with Crippen molar-refractivity contribution >= 4 is 64.8 Å². The van der Waals surface area contributed by atoms with Crippen molar-refractivity contribution < 1.29 is 0 Å². The average Bonchev–Trinajstić information content (AvgIpc) is 3.78. The van der Waals surface area contributed by atoms with Crippen LogP contribution in [-0.4, -0.2) is 0 Å². The van der Waals surface area contributed by atoms with E-state index in [4.69, 9.17) is 0 Å². The predicted molar refractivity (Wildman–Crippen MR) is 214 cm³/mol. The Morgan fingerprint density at radius 1 is 0.420 bits per heavy atom. The highest BCUT2D eigenvalue weighted by atomic mass is 32.1. The van der Waals surface area contributed by atoms with Crippen molar-refractivity contribution in [1.29, 1.82) is 21.0 Å². The molecule has 0 aliphatic carbocycles. The monoisotopic (exact) mass is 702 g/mol. The Morgan fingerprint density at radius 2 is 0.720 bits per heavy atom. The van der Waals surface area contributed by atoms with Crippen LogP contribution >= 0.6 is 22.7 Å². The molecule has 4 nitrogen and oxygen atoms in total. The fourth-order valence-electron chi connectivity index (χ4n) is 7.23. The van der Waals surface area contributed by atoms with Gasteiger partial charge in [0.2, 0.25) is 0 Å². The number of hydrogen-bond donors (Lipinski definition) is 0. The van der Waals surface area contributed by atoms with Crippen molar-refractivity contribution in [2.24, 2.45) is 0 Å². The second-order valence-electron chi connectivity index (χ2n) is 13.9. The molecule has 2 aromatic carbocycles. The molecule has 50 heavy (non-hydrogen) atoms. The lowest BCUT2D eigenvalue weighted by Crippen LogP contribution is -1.95. The first-order chi connectivity index (χ1) is 24.6. The van der Waals surface area contributed by atoms with E-state index in [1.807, 2.05) is 0 Å². The lowest BCUT2D eigenvalue weighted by atomic mass is 9.94. The molecular weight excluding hydrogens is 649 g/mol. The molecule has 4 rings (SSSR count). The summed E-state index contributed by atoms with van der Waals surface area (Å²) >= 11 is 3.11. The van der Waals surface area contributed by atoms with Gasteiger partial charge in [0, 0.05) is 20.2 Å². The topological polar surface area (TPSA) is 95.2 Å². The largest absolute Gasteiger partial charge is 0.192 e. The zero-order valence-corrected chi connectivity index (χ0v) is 32.1. The number of hydrogen-bond acceptors (Lipinski definition) is 6. The van der Waals surface area contributed by atoms with Crippen molar-refractivity contribution in [3.63, 3.8) is 0 Å². The highest BCUT2D eigenvalue weighted by Gasteiger charge is 2.17. The van der Waals surface area contributed by atoms with Crippen LogP contribution in [0.25, 0.3) is 42.1 Å². The molecule has 0 fully saturated rings. The van der Waals surface area contributed by atoms with Crippen LogP contribution in [0.4, 0.5) is 0 Å². The number of rotatable bonds is 22. The number of aryl methyl sites for hydroxylation is 2. The maximum Gasteiger partial charge on any atom is 0.146 e. The molecule has 6 heteroatoms. The summed E-state index contributed by atoms with van der Waals surface area (Å²) in [6, 6.07) is 17.3. The molecule has 0 bridgehead atoms. The Labute approximate surface area is 308 Å². The van der Waals surface area contributed by atoms with E-state index in [0.717, 1.165) is 65.7 Å². The van der Waals surface area contributed by atoms with Crippen LogP contribution in [0.3, 0.4) is 0 Å². The Balaban J connectivity index is 1.64. The van der Waals surface area contributed by atoms with Crippen molar-refractivity contribution in [2.45, 2.75) is 155 Å². The van der Waals surface area contributed by atoms with Gasteiger partial charge < -0.3 is 0 Å². The Kier molecular flexibility index (Phi) is 16.8. The zero-order chi connectivity index (χ0) is 35.6. The van der Waals surface area contributed by atoms with Crippen LogP contribution in [-0.2, 0) is 12.8 Å². The molecule has 0 aliphatic heterocycles. The van der Waals surface area contributed by atoms with E-state index < -0.39 is 0 Å². The van der Waals surface area contributed by atoms with Gasteiger partial charge in [-0.2, -0.15) is 21.0 Å². The van der Waals surface area contributed by atoms with Gasteiger partial charge in [-0.1, -0.05) is 129 Å². The third-order valence-electron chi connectivity index (χ3n) is 10.1. The highest BCUT2D eigenvalue weighted by molar-refractivity contribution is 7.19. The van der Waals surface area contributed by atoms with E-state index in [1.165, 1.54) is 127 Å². The van der Waals surface area contributed by atoms with E-state index in [1.54, 1.807) is 22.7 Å². The molecule has 4 aromatic rings. The summed E-state index contributed by atoms with van der Waals surface area (Å²) in [5.41, 5.74) is 2.84. The zero-order valence-electron chi connectivity index (χ0n) is 30.5. The van der Waals surface area contributed by atoms with Crippen molar-refractivity contribution in [2.75, 3.05) is 0 Å². The third-order valence-corrected chi connectivity index (χ3v) is 12.5. The van der Waals surface area contributed by atoms with E-state index in [-0.39, 0.29) is 11.1 Å². The molecule has 0 radical (unpaired) electrons. The van der Waals surface area contributed by atoms with Gasteiger partial charge in [0.25, 0.3) is 0 Å². The molecule has 0 saturated heterocycles. The lowest BCUT2D eigenvalue weighted by Gasteiger charge is -2.12. The van der Waals surface area contributed by atoms with Crippen LogP contribution in [0.2, 0.25) is 0 Å². The minimum Gasteiger partial charge on any atom is -0.192 e. The fourth-order valence-corrected chi connectivity index (χ4v) is 9.57. The molecule has 0 amide bonds. The molecule has 262 valence electrons. The first-order valence-corrected chi connectivity index (χ1v) is 21.0. The maximum absolute atomic E-state index is 9.75. The van der Waals surface area contributed by atoms with E-state index >= 15 is 0 Å². The van der Waals surface area contributed by atoms with Gasteiger partial charge >= 0.3 is 0 Å². The highest BCUT2D eigenvalue weighted by Crippen LogP contribution is 2.39. The number of benzene rings is 2. The smallest absolute Gasteiger partial charge is 0.146 e. The normalized spacial score (nSPS) is 11.1. The van der Waals surface area contributed by atoms with Gasteiger partial charge in [0.15, 0.2) is 0 Å². The van der Waals surface area contributed by atoms with E-state index in [0.29, 0.717) is 0 Å².